The van der Waals surface area contributed by atoms with E-state index in [1.807, 2.05) is 11.0 Å². The summed E-state index contributed by atoms with van der Waals surface area (Å²) in [6.45, 7) is 4.34. The Bertz CT molecular complexity index is 1110. The van der Waals surface area contributed by atoms with Crippen LogP contribution >= 0.6 is 22.6 Å². The van der Waals surface area contributed by atoms with Gasteiger partial charge >= 0.3 is 0 Å². The summed E-state index contributed by atoms with van der Waals surface area (Å²) in [7, 11) is 0. The molecule has 0 aliphatic rings. The van der Waals surface area contributed by atoms with E-state index in [9.17, 15) is 5.11 Å². The molecule has 27 heavy (non-hydrogen) atoms. The zero-order valence-corrected chi connectivity index (χ0v) is 18.1. The van der Waals surface area contributed by atoms with E-state index in [-0.39, 0.29) is 0 Å². The van der Waals surface area contributed by atoms with Gasteiger partial charge in [-0.2, -0.15) is 0 Å². The molecule has 3 aromatic carbocycles. The number of benzene rings is 3. The van der Waals surface area contributed by atoms with Gasteiger partial charge in [-0.25, -0.2) is 0 Å². The molecule has 138 valence electrons. The molecule has 0 unspecified atom stereocenters. The molecule has 4 rings (SSSR count). The van der Waals surface area contributed by atoms with Gasteiger partial charge < -0.3 is 9.67 Å². The topological polar surface area (TPSA) is 25.2 Å². The molecule has 0 radical (unpaired) electrons. The average molecular weight is 469 g/mol. The van der Waals surface area contributed by atoms with Gasteiger partial charge in [0.1, 0.15) is 5.75 Å². The van der Waals surface area contributed by atoms with E-state index in [0.717, 1.165) is 22.9 Å². The molecule has 0 saturated heterocycles. The van der Waals surface area contributed by atoms with Crippen molar-refractivity contribution >= 4 is 50.3 Å². The summed E-state index contributed by atoms with van der Waals surface area (Å²) in [5.41, 5.74) is 4.87. The number of allylic oxidation sites excluding steroid dienone is 1. The fraction of sp³-hybridized carbons (Fsp3) is 0.167. The van der Waals surface area contributed by atoms with Gasteiger partial charge in [-0.15, -0.1) is 0 Å². The first-order valence-electron chi connectivity index (χ1n) is 9.06. The molecule has 0 atom stereocenters. The number of halogens is 1. The first-order valence-corrected chi connectivity index (χ1v) is 11.2. The van der Waals surface area contributed by atoms with E-state index in [0.29, 0.717) is 5.75 Å². The first kappa shape index (κ1) is 19.5. The molecule has 1 heterocycles. The van der Waals surface area contributed by atoms with E-state index >= 15 is 0 Å². The zero-order valence-electron chi connectivity index (χ0n) is 15.9. The van der Waals surface area contributed by atoms with Crippen LogP contribution in [0.4, 0.5) is 0 Å². The van der Waals surface area contributed by atoms with Crippen LogP contribution in [0.25, 0.3) is 33.4 Å². The Balaban J connectivity index is 0.00000102. The predicted molar refractivity (Wildman–Crippen MR) is 126 cm³/mol. The van der Waals surface area contributed by atoms with Gasteiger partial charge in [-0.1, -0.05) is 65.9 Å². The highest BCUT2D eigenvalue weighted by atomic mass is 127. The average Bonchev–Trinajstić information content (AvgIpc) is 2.99. The van der Waals surface area contributed by atoms with Gasteiger partial charge in [0.05, 0.1) is 5.52 Å². The highest BCUT2D eigenvalue weighted by molar-refractivity contribution is 14.1. The van der Waals surface area contributed by atoms with Crippen molar-refractivity contribution < 1.29 is 5.11 Å². The molecule has 0 spiro atoms. The second-order valence-corrected chi connectivity index (χ2v) is 6.39. The number of hydrogen-bond donors (Lipinski definition) is 1. The van der Waals surface area contributed by atoms with Crippen LogP contribution < -0.4 is 0 Å². The molecule has 0 bridgehead atoms. The van der Waals surface area contributed by atoms with Gasteiger partial charge in [-0.3, -0.25) is 0 Å². The normalized spacial score (nSPS) is 11.1. The number of aryl methyl sites for hydroxylation is 1. The van der Waals surface area contributed by atoms with Crippen LogP contribution in [0, 0.1) is 6.92 Å². The summed E-state index contributed by atoms with van der Waals surface area (Å²) in [6.07, 6.45) is 5.44. The van der Waals surface area contributed by atoms with Crippen LogP contribution in [0.1, 0.15) is 24.6 Å². The second-order valence-electron chi connectivity index (χ2n) is 6.39. The number of nitrogens with zero attached hydrogens (tertiary/aromatic N) is 1. The molecule has 3 heteroatoms. The number of fused-ring (bicyclic) bond motifs is 2. The van der Waals surface area contributed by atoms with Crippen LogP contribution in [-0.4, -0.2) is 14.6 Å². The Hall–Kier alpha value is -2.27. The minimum atomic E-state index is 0.300. The van der Waals surface area contributed by atoms with Crippen molar-refractivity contribution in [1.82, 2.24) is 4.57 Å². The van der Waals surface area contributed by atoms with Crippen LogP contribution in [-0.2, 0) is 0 Å². The Labute approximate surface area is 174 Å². The molecular formula is C24H24INO. The van der Waals surface area contributed by atoms with E-state index < -0.39 is 0 Å². The van der Waals surface area contributed by atoms with Crippen LogP contribution in [0.3, 0.4) is 0 Å². The van der Waals surface area contributed by atoms with Crippen molar-refractivity contribution in [3.05, 3.63) is 78.0 Å². The summed E-state index contributed by atoms with van der Waals surface area (Å²) in [4.78, 5) is 1.97. The van der Waals surface area contributed by atoms with Crippen LogP contribution in [0.15, 0.2) is 66.7 Å². The maximum absolute atomic E-state index is 9.69. The first-order chi connectivity index (χ1) is 13.2. The maximum Gasteiger partial charge on any atom is 0.116 e. The number of aromatic nitrogens is 1. The number of rotatable bonds is 3. The molecule has 0 saturated carbocycles. The summed E-state index contributed by atoms with van der Waals surface area (Å²) >= 11 is 2.15. The summed E-state index contributed by atoms with van der Waals surface area (Å²) in [5, 5.41) is 13.1. The van der Waals surface area contributed by atoms with E-state index in [1.54, 1.807) is 12.1 Å². The zero-order chi connectivity index (χ0) is 19.4. The molecule has 0 amide bonds. The minimum absolute atomic E-state index is 0.300. The quantitative estimate of drug-likeness (QED) is 0.248. The SMILES string of the molecule is CC/C=C\c1c(C)c2ccccc2n1-c1ccc2cc(O)ccc2c1.CI. The standard InChI is InChI=1S/C23H21NO.CH3I/c1-3-4-8-22-16(2)21-7-5-6-9-23(21)24(22)19-12-10-18-15-20(25)13-11-17(18)14-19;1-2/h4-15,25H,3H2,1-2H3;1H3/b8-4-;. The number of phenolic OH excluding ortho intramolecular Hbond substituents is 1. The van der Waals surface area contributed by atoms with Crippen molar-refractivity contribution in [3.8, 4) is 11.4 Å². The predicted octanol–water partition coefficient (Wildman–Crippen LogP) is 7.27. The van der Waals surface area contributed by atoms with Gasteiger partial charge in [0.15, 0.2) is 0 Å². The molecule has 0 aliphatic carbocycles. The van der Waals surface area contributed by atoms with Gasteiger partial charge in [0.2, 0.25) is 0 Å². The van der Waals surface area contributed by atoms with Crippen LogP contribution in [0.2, 0.25) is 0 Å². The lowest BCUT2D eigenvalue weighted by Crippen LogP contribution is -1.97. The molecule has 1 N–H and O–H groups in total. The largest absolute Gasteiger partial charge is 0.508 e. The van der Waals surface area contributed by atoms with Gasteiger partial charge in [0, 0.05) is 16.8 Å². The molecule has 0 aliphatic heterocycles. The van der Waals surface area contributed by atoms with E-state index in [2.05, 4.69) is 95.6 Å². The monoisotopic (exact) mass is 469 g/mol. The molecule has 0 fully saturated rings. The fourth-order valence-electron chi connectivity index (χ4n) is 3.49. The van der Waals surface area contributed by atoms with Crippen molar-refractivity contribution in [2.24, 2.45) is 0 Å². The lowest BCUT2D eigenvalue weighted by molar-refractivity contribution is 0.476. The molecule has 4 aromatic rings. The lowest BCUT2D eigenvalue weighted by atomic mass is 10.1. The highest BCUT2D eigenvalue weighted by Crippen LogP contribution is 2.31. The molecule has 2 nitrogen and oxygen atoms in total. The third-order valence-electron chi connectivity index (χ3n) is 4.75. The van der Waals surface area contributed by atoms with Crippen molar-refractivity contribution in [2.75, 3.05) is 4.93 Å². The van der Waals surface area contributed by atoms with Crippen molar-refractivity contribution in [1.29, 1.82) is 0 Å². The number of hydrogen-bond acceptors (Lipinski definition) is 1. The minimum Gasteiger partial charge on any atom is -0.508 e. The Morgan fingerprint density at radius 2 is 1.67 bits per heavy atom. The van der Waals surface area contributed by atoms with Crippen LogP contribution in [0.5, 0.6) is 5.75 Å². The number of aromatic hydroxyl groups is 1. The Kier molecular flexibility index (Phi) is 6.22. The van der Waals surface area contributed by atoms with Gasteiger partial charge in [-0.05, 0) is 71.0 Å². The maximum atomic E-state index is 9.69. The van der Waals surface area contributed by atoms with E-state index in [4.69, 9.17) is 0 Å². The third kappa shape index (κ3) is 3.74. The highest BCUT2D eigenvalue weighted by Gasteiger charge is 2.13. The lowest BCUT2D eigenvalue weighted by Gasteiger charge is -2.11. The number of alkyl halides is 1. The smallest absolute Gasteiger partial charge is 0.116 e. The number of phenols is 1. The molecule has 1 aromatic heterocycles. The summed E-state index contributed by atoms with van der Waals surface area (Å²) in [6, 6.07) is 20.4. The summed E-state index contributed by atoms with van der Waals surface area (Å²) in [5.74, 6) is 0.300. The van der Waals surface area contributed by atoms with Crippen molar-refractivity contribution in [2.45, 2.75) is 20.3 Å². The molecular weight excluding hydrogens is 445 g/mol. The second kappa shape index (κ2) is 8.61. The van der Waals surface area contributed by atoms with E-state index in [1.165, 1.54) is 22.2 Å². The summed E-state index contributed by atoms with van der Waals surface area (Å²) < 4.78 is 2.32. The van der Waals surface area contributed by atoms with Gasteiger partial charge in [0.25, 0.3) is 0 Å². The Morgan fingerprint density at radius 3 is 2.44 bits per heavy atom. The fourth-order valence-corrected chi connectivity index (χ4v) is 3.49. The third-order valence-corrected chi connectivity index (χ3v) is 4.75. The number of para-hydroxylation sites is 1. The Morgan fingerprint density at radius 1 is 0.963 bits per heavy atom. The van der Waals surface area contributed by atoms with Crippen molar-refractivity contribution in [3.63, 3.8) is 0 Å².